The van der Waals surface area contributed by atoms with E-state index in [1.807, 2.05) is 6.26 Å². The molecule has 1 aromatic carbocycles. The molecule has 0 saturated heterocycles. The number of fused-ring (bicyclic) bond motifs is 1. The van der Waals surface area contributed by atoms with Crippen molar-refractivity contribution < 1.29 is 14.6 Å². The third-order valence-corrected chi connectivity index (χ3v) is 3.03. The highest BCUT2D eigenvalue weighted by molar-refractivity contribution is 7.98. The second kappa shape index (κ2) is 4.06. The molecule has 0 aromatic heterocycles. The van der Waals surface area contributed by atoms with E-state index in [4.69, 9.17) is 9.47 Å². The first-order valence-corrected chi connectivity index (χ1v) is 5.79. The minimum atomic E-state index is 0.222. The maximum atomic E-state index is 9.98. The number of ether oxygens (including phenoxy) is 2. The molecule has 0 atom stereocenters. The summed E-state index contributed by atoms with van der Waals surface area (Å²) < 4.78 is 10.6. The van der Waals surface area contributed by atoms with Crippen molar-refractivity contribution in [2.75, 3.05) is 13.0 Å². The molecule has 4 heteroatoms. The highest BCUT2D eigenvalue weighted by Gasteiger charge is 2.23. The molecule has 0 radical (unpaired) electrons. The number of phenolic OH excluding ortho intramolecular Hbond substituents is 1. The van der Waals surface area contributed by atoms with Crippen LogP contribution in [-0.4, -0.2) is 18.2 Å². The number of aromatic hydroxyl groups is 1. The zero-order chi connectivity index (χ0) is 10.8. The number of phenols is 1. The quantitative estimate of drug-likeness (QED) is 0.632. The van der Waals surface area contributed by atoms with Gasteiger partial charge in [-0.3, -0.25) is 0 Å². The second-order valence-electron chi connectivity index (χ2n) is 3.14. The summed E-state index contributed by atoms with van der Waals surface area (Å²) in [5.74, 6) is 1.62. The molecular formula is C11H12O3S. The first-order chi connectivity index (χ1) is 7.27. The lowest BCUT2D eigenvalue weighted by Crippen LogP contribution is -1.93. The first kappa shape index (κ1) is 10.2. The van der Waals surface area contributed by atoms with E-state index in [-0.39, 0.29) is 12.5 Å². The predicted molar refractivity (Wildman–Crippen MR) is 59.9 cm³/mol. The van der Waals surface area contributed by atoms with E-state index in [9.17, 15) is 5.11 Å². The van der Waals surface area contributed by atoms with Crippen molar-refractivity contribution in [2.45, 2.75) is 11.3 Å². The van der Waals surface area contributed by atoms with Crippen LogP contribution in [0.25, 0.3) is 0 Å². The lowest BCUT2D eigenvalue weighted by Gasteiger charge is -2.09. The fourth-order valence-corrected chi connectivity index (χ4v) is 2.22. The Kier molecular flexibility index (Phi) is 2.77. The molecule has 15 heavy (non-hydrogen) atoms. The van der Waals surface area contributed by atoms with Gasteiger partial charge < -0.3 is 14.6 Å². The number of benzene rings is 1. The van der Waals surface area contributed by atoms with Gasteiger partial charge in [-0.2, -0.15) is 0 Å². The molecule has 3 nitrogen and oxygen atoms in total. The van der Waals surface area contributed by atoms with Crippen molar-refractivity contribution in [1.82, 2.24) is 0 Å². The molecule has 0 bridgehead atoms. The first-order valence-electron chi connectivity index (χ1n) is 4.57. The topological polar surface area (TPSA) is 38.7 Å². The molecule has 2 rings (SSSR count). The Hall–Kier alpha value is -1.29. The number of thioether (sulfide) groups is 1. The van der Waals surface area contributed by atoms with E-state index < -0.39 is 0 Å². The fourth-order valence-electron chi connectivity index (χ4n) is 1.55. The third kappa shape index (κ3) is 1.65. The van der Waals surface area contributed by atoms with E-state index in [0.717, 1.165) is 10.5 Å². The Bertz CT molecular complexity index is 401. The number of allylic oxidation sites excluding steroid dienone is 1. The van der Waals surface area contributed by atoms with Crippen molar-refractivity contribution >= 4 is 11.8 Å². The smallest absolute Gasteiger partial charge is 0.231 e. The number of hydrogen-bond acceptors (Lipinski definition) is 4. The van der Waals surface area contributed by atoms with Crippen LogP contribution >= 0.6 is 11.8 Å². The van der Waals surface area contributed by atoms with Crippen LogP contribution in [0.4, 0.5) is 0 Å². The molecule has 1 aliphatic heterocycles. The van der Waals surface area contributed by atoms with Gasteiger partial charge in [0.05, 0.1) is 4.90 Å². The molecule has 1 aliphatic rings. The van der Waals surface area contributed by atoms with Crippen LogP contribution in [0.15, 0.2) is 23.6 Å². The normalized spacial score (nSPS) is 12.9. The summed E-state index contributed by atoms with van der Waals surface area (Å²) in [5, 5.41) is 9.98. The lowest BCUT2D eigenvalue weighted by molar-refractivity contribution is 0.172. The van der Waals surface area contributed by atoms with Crippen LogP contribution in [0, 0.1) is 0 Å². The van der Waals surface area contributed by atoms with Crippen LogP contribution in [0.2, 0.25) is 0 Å². The summed E-state index contributed by atoms with van der Waals surface area (Å²) in [7, 11) is 0. The highest BCUT2D eigenvalue weighted by atomic mass is 32.2. The summed E-state index contributed by atoms with van der Waals surface area (Å²) >= 11 is 1.45. The van der Waals surface area contributed by atoms with Gasteiger partial charge in [-0.05, 0) is 18.7 Å². The molecule has 0 aliphatic carbocycles. The van der Waals surface area contributed by atoms with Crippen molar-refractivity contribution in [1.29, 1.82) is 0 Å². The molecule has 1 aromatic rings. The van der Waals surface area contributed by atoms with Gasteiger partial charge in [0.1, 0.15) is 5.75 Å². The van der Waals surface area contributed by atoms with Crippen LogP contribution in [0.1, 0.15) is 5.56 Å². The average Bonchev–Trinajstić information content (AvgIpc) is 2.67. The van der Waals surface area contributed by atoms with Crippen LogP contribution in [0.3, 0.4) is 0 Å². The zero-order valence-electron chi connectivity index (χ0n) is 8.45. The Balaban J connectivity index is 2.56. The Labute approximate surface area is 92.7 Å². The SMILES string of the molecule is C=CCc1cc2c(c(SC)c1O)OCO2. The van der Waals surface area contributed by atoms with Crippen molar-refractivity contribution in [2.24, 2.45) is 0 Å². The minimum Gasteiger partial charge on any atom is -0.506 e. The van der Waals surface area contributed by atoms with E-state index in [0.29, 0.717) is 17.9 Å². The Morgan fingerprint density at radius 2 is 2.40 bits per heavy atom. The number of rotatable bonds is 3. The molecule has 80 valence electrons. The lowest BCUT2D eigenvalue weighted by atomic mass is 10.1. The van der Waals surface area contributed by atoms with Crippen LogP contribution in [0.5, 0.6) is 17.2 Å². The van der Waals surface area contributed by atoms with Crippen molar-refractivity contribution in [3.05, 3.63) is 24.3 Å². The van der Waals surface area contributed by atoms with Gasteiger partial charge in [0.25, 0.3) is 0 Å². The van der Waals surface area contributed by atoms with Gasteiger partial charge in [0.15, 0.2) is 11.5 Å². The maximum absolute atomic E-state index is 9.98. The third-order valence-electron chi connectivity index (χ3n) is 2.24. The standard InChI is InChI=1S/C11H12O3S/c1-3-4-7-5-8-10(14-6-13-8)11(15-2)9(7)12/h3,5,12H,1,4,6H2,2H3. The van der Waals surface area contributed by atoms with Crippen molar-refractivity contribution in [3.63, 3.8) is 0 Å². The van der Waals surface area contributed by atoms with E-state index in [1.54, 1.807) is 12.1 Å². The molecule has 1 N–H and O–H groups in total. The summed E-state index contributed by atoms with van der Waals surface area (Å²) in [6.07, 6.45) is 4.27. The molecule has 0 spiro atoms. The fraction of sp³-hybridized carbons (Fsp3) is 0.273. The van der Waals surface area contributed by atoms with Gasteiger partial charge >= 0.3 is 0 Å². The van der Waals surface area contributed by atoms with Crippen LogP contribution in [-0.2, 0) is 6.42 Å². The second-order valence-corrected chi connectivity index (χ2v) is 3.96. The molecule has 0 saturated carbocycles. The zero-order valence-corrected chi connectivity index (χ0v) is 9.26. The van der Waals surface area contributed by atoms with E-state index in [1.165, 1.54) is 11.8 Å². The Morgan fingerprint density at radius 1 is 1.60 bits per heavy atom. The Morgan fingerprint density at radius 3 is 3.07 bits per heavy atom. The summed E-state index contributed by atoms with van der Waals surface area (Å²) in [4.78, 5) is 0.738. The van der Waals surface area contributed by atoms with Gasteiger partial charge in [0.2, 0.25) is 6.79 Å². The molecule has 0 fully saturated rings. The minimum absolute atomic E-state index is 0.222. The largest absolute Gasteiger partial charge is 0.506 e. The monoisotopic (exact) mass is 224 g/mol. The molecule has 0 unspecified atom stereocenters. The van der Waals surface area contributed by atoms with Gasteiger partial charge in [-0.1, -0.05) is 6.08 Å². The molecule has 1 heterocycles. The van der Waals surface area contributed by atoms with Crippen LogP contribution < -0.4 is 9.47 Å². The maximum Gasteiger partial charge on any atom is 0.231 e. The predicted octanol–water partition coefficient (Wildman–Crippen LogP) is 2.57. The van der Waals surface area contributed by atoms with E-state index in [2.05, 4.69) is 6.58 Å². The average molecular weight is 224 g/mol. The number of hydrogen-bond donors (Lipinski definition) is 1. The van der Waals surface area contributed by atoms with Gasteiger partial charge in [0, 0.05) is 5.56 Å². The molecular weight excluding hydrogens is 212 g/mol. The van der Waals surface area contributed by atoms with Crippen molar-refractivity contribution in [3.8, 4) is 17.2 Å². The van der Waals surface area contributed by atoms with E-state index >= 15 is 0 Å². The highest BCUT2D eigenvalue weighted by Crippen LogP contribution is 2.47. The van der Waals surface area contributed by atoms with Gasteiger partial charge in [-0.15, -0.1) is 18.3 Å². The van der Waals surface area contributed by atoms with Gasteiger partial charge in [-0.25, -0.2) is 0 Å². The summed E-state index contributed by atoms with van der Waals surface area (Å²) in [6, 6.07) is 1.80. The summed E-state index contributed by atoms with van der Waals surface area (Å²) in [6.45, 7) is 3.88. The summed E-state index contributed by atoms with van der Waals surface area (Å²) in [5.41, 5.74) is 0.818. The molecule has 0 amide bonds.